The van der Waals surface area contributed by atoms with Crippen LogP contribution in [0.25, 0.3) is 10.4 Å². The van der Waals surface area contributed by atoms with E-state index in [2.05, 4.69) is 10.0 Å². The Balaban J connectivity index is 3.28. The summed E-state index contributed by atoms with van der Waals surface area (Å²) in [6.45, 7) is 5.90. The maximum Gasteiger partial charge on any atom is 0.122 e. The maximum absolute atomic E-state index is 9.80. The van der Waals surface area contributed by atoms with Crippen LogP contribution in [0.3, 0.4) is 0 Å². The average Bonchev–Trinajstić information content (AvgIpc) is 2.14. The molecular formula is C10H13N3O. The fourth-order valence-electron chi connectivity index (χ4n) is 1.42. The Kier molecular flexibility index (Phi) is 2.99. The summed E-state index contributed by atoms with van der Waals surface area (Å²) in [6, 6.07) is 1.98. The SMILES string of the molecule is Cc1cc(C)c(CN=[N+]=[N-])c(O)c1C. The van der Waals surface area contributed by atoms with Crippen LogP contribution in [0.1, 0.15) is 22.3 Å². The predicted octanol–water partition coefficient (Wildman–Crippen LogP) is 3.13. The maximum atomic E-state index is 9.80. The van der Waals surface area contributed by atoms with E-state index in [4.69, 9.17) is 5.53 Å². The number of phenolic OH excluding ortho intramolecular Hbond substituents is 1. The minimum atomic E-state index is 0.204. The summed E-state index contributed by atoms with van der Waals surface area (Å²) in [5.41, 5.74) is 11.8. The predicted molar refractivity (Wildman–Crippen MR) is 55.2 cm³/mol. The summed E-state index contributed by atoms with van der Waals surface area (Å²) in [4.78, 5) is 2.68. The summed E-state index contributed by atoms with van der Waals surface area (Å²) in [6.07, 6.45) is 0. The zero-order valence-electron chi connectivity index (χ0n) is 8.57. The second kappa shape index (κ2) is 4.03. The molecule has 0 aliphatic rings. The van der Waals surface area contributed by atoms with E-state index >= 15 is 0 Å². The molecule has 0 unspecified atom stereocenters. The number of hydrogen-bond donors (Lipinski definition) is 1. The highest BCUT2D eigenvalue weighted by Crippen LogP contribution is 2.28. The highest BCUT2D eigenvalue weighted by Gasteiger charge is 2.09. The molecule has 1 rings (SSSR count). The first-order valence-electron chi connectivity index (χ1n) is 4.37. The molecule has 0 saturated heterocycles. The quantitative estimate of drug-likeness (QED) is 0.435. The lowest BCUT2D eigenvalue weighted by Gasteiger charge is -2.11. The summed E-state index contributed by atoms with van der Waals surface area (Å²) < 4.78 is 0. The highest BCUT2D eigenvalue weighted by molar-refractivity contribution is 5.48. The first-order chi connectivity index (χ1) is 6.57. The Morgan fingerprint density at radius 1 is 1.36 bits per heavy atom. The molecule has 14 heavy (non-hydrogen) atoms. The molecule has 0 radical (unpaired) electrons. The molecule has 0 atom stereocenters. The highest BCUT2D eigenvalue weighted by atomic mass is 16.3. The number of aromatic hydroxyl groups is 1. The van der Waals surface area contributed by atoms with Crippen molar-refractivity contribution in [3.05, 3.63) is 38.8 Å². The first kappa shape index (κ1) is 10.4. The molecule has 0 bridgehead atoms. The van der Waals surface area contributed by atoms with Gasteiger partial charge < -0.3 is 5.11 Å². The van der Waals surface area contributed by atoms with Crippen molar-refractivity contribution in [2.45, 2.75) is 27.3 Å². The first-order valence-corrected chi connectivity index (χ1v) is 4.37. The molecule has 0 aromatic heterocycles. The molecule has 0 saturated carbocycles. The second-order valence-electron chi connectivity index (χ2n) is 3.35. The Morgan fingerprint density at radius 3 is 2.57 bits per heavy atom. The molecule has 4 heteroatoms. The zero-order valence-corrected chi connectivity index (χ0v) is 8.57. The van der Waals surface area contributed by atoms with Crippen molar-refractivity contribution in [2.24, 2.45) is 5.11 Å². The monoisotopic (exact) mass is 191 g/mol. The Hall–Kier alpha value is -1.67. The number of aryl methyl sites for hydroxylation is 2. The van der Waals surface area contributed by atoms with Crippen molar-refractivity contribution in [3.63, 3.8) is 0 Å². The fourth-order valence-corrected chi connectivity index (χ4v) is 1.42. The van der Waals surface area contributed by atoms with Crippen LogP contribution >= 0.6 is 0 Å². The van der Waals surface area contributed by atoms with Gasteiger partial charge in [0.25, 0.3) is 0 Å². The number of benzene rings is 1. The van der Waals surface area contributed by atoms with Crippen molar-refractivity contribution in [2.75, 3.05) is 0 Å². The molecule has 0 aliphatic heterocycles. The standard InChI is InChI=1S/C10H13N3O/c1-6-4-7(2)9(5-12-13-11)10(14)8(6)3/h4,14H,5H2,1-3H3. The second-order valence-corrected chi connectivity index (χ2v) is 3.35. The molecule has 0 spiro atoms. The van der Waals surface area contributed by atoms with Gasteiger partial charge in [-0.1, -0.05) is 11.2 Å². The molecule has 1 aromatic carbocycles. The van der Waals surface area contributed by atoms with Crippen molar-refractivity contribution in [1.29, 1.82) is 0 Å². The van der Waals surface area contributed by atoms with Gasteiger partial charge in [0.1, 0.15) is 5.75 Å². The van der Waals surface area contributed by atoms with Crippen LogP contribution in [0, 0.1) is 20.8 Å². The largest absolute Gasteiger partial charge is 0.507 e. The van der Waals surface area contributed by atoms with Gasteiger partial charge in [0.05, 0.1) is 6.54 Å². The van der Waals surface area contributed by atoms with Gasteiger partial charge in [-0.3, -0.25) is 0 Å². The molecular weight excluding hydrogens is 178 g/mol. The lowest BCUT2D eigenvalue weighted by Crippen LogP contribution is -1.93. The molecule has 74 valence electrons. The van der Waals surface area contributed by atoms with Crippen LogP contribution in [0.5, 0.6) is 5.75 Å². The van der Waals surface area contributed by atoms with Crippen molar-refractivity contribution < 1.29 is 5.11 Å². The van der Waals surface area contributed by atoms with E-state index in [-0.39, 0.29) is 12.3 Å². The van der Waals surface area contributed by atoms with Crippen LogP contribution in [0.15, 0.2) is 11.2 Å². The summed E-state index contributed by atoms with van der Waals surface area (Å²) >= 11 is 0. The minimum absolute atomic E-state index is 0.204. The topological polar surface area (TPSA) is 69.0 Å². The number of nitrogens with zero attached hydrogens (tertiary/aromatic N) is 3. The van der Waals surface area contributed by atoms with E-state index in [1.807, 2.05) is 26.8 Å². The molecule has 1 N–H and O–H groups in total. The van der Waals surface area contributed by atoms with Crippen molar-refractivity contribution in [1.82, 2.24) is 0 Å². The molecule has 0 amide bonds. The third kappa shape index (κ3) is 1.80. The Morgan fingerprint density at radius 2 is 2.00 bits per heavy atom. The number of hydrogen-bond acceptors (Lipinski definition) is 2. The normalized spacial score (nSPS) is 9.64. The zero-order chi connectivity index (χ0) is 10.7. The van der Waals surface area contributed by atoms with Crippen LogP contribution in [0.2, 0.25) is 0 Å². The molecule has 1 aromatic rings. The van der Waals surface area contributed by atoms with Crippen molar-refractivity contribution >= 4 is 0 Å². The summed E-state index contributed by atoms with van der Waals surface area (Å²) in [5, 5.41) is 13.3. The van der Waals surface area contributed by atoms with E-state index in [0.29, 0.717) is 5.56 Å². The molecule has 4 nitrogen and oxygen atoms in total. The van der Waals surface area contributed by atoms with Gasteiger partial charge in [0.15, 0.2) is 0 Å². The molecule has 0 heterocycles. The van der Waals surface area contributed by atoms with Crippen molar-refractivity contribution in [3.8, 4) is 5.75 Å². The molecule has 0 aliphatic carbocycles. The van der Waals surface area contributed by atoms with E-state index in [1.54, 1.807) is 0 Å². The minimum Gasteiger partial charge on any atom is -0.507 e. The summed E-state index contributed by atoms with van der Waals surface area (Å²) in [7, 11) is 0. The van der Waals surface area contributed by atoms with Gasteiger partial charge in [-0.25, -0.2) is 0 Å². The van der Waals surface area contributed by atoms with Crippen LogP contribution in [-0.2, 0) is 6.54 Å². The van der Waals surface area contributed by atoms with Gasteiger partial charge in [0.2, 0.25) is 0 Å². The average molecular weight is 191 g/mol. The van der Waals surface area contributed by atoms with E-state index in [9.17, 15) is 5.11 Å². The Labute approximate surface area is 82.8 Å². The number of rotatable bonds is 2. The van der Waals surface area contributed by atoms with Crippen LogP contribution in [-0.4, -0.2) is 5.11 Å². The summed E-state index contributed by atoms with van der Waals surface area (Å²) in [5.74, 6) is 0.245. The van der Waals surface area contributed by atoms with Crippen LogP contribution in [0.4, 0.5) is 0 Å². The lowest BCUT2D eigenvalue weighted by molar-refractivity contribution is 0.463. The Bertz CT molecular complexity index is 406. The lowest BCUT2D eigenvalue weighted by atomic mass is 9.99. The van der Waals surface area contributed by atoms with Crippen LogP contribution < -0.4 is 0 Å². The third-order valence-electron chi connectivity index (χ3n) is 2.43. The molecule has 0 fully saturated rings. The van der Waals surface area contributed by atoms with E-state index in [1.165, 1.54) is 0 Å². The fraction of sp³-hybridized carbons (Fsp3) is 0.400. The van der Waals surface area contributed by atoms with Gasteiger partial charge in [-0.05, 0) is 43.0 Å². The van der Waals surface area contributed by atoms with Gasteiger partial charge in [0, 0.05) is 10.5 Å². The smallest absolute Gasteiger partial charge is 0.122 e. The number of azide groups is 1. The van der Waals surface area contributed by atoms with Gasteiger partial charge in [-0.15, -0.1) is 0 Å². The van der Waals surface area contributed by atoms with Gasteiger partial charge in [-0.2, -0.15) is 0 Å². The van der Waals surface area contributed by atoms with E-state index in [0.717, 1.165) is 16.7 Å². The van der Waals surface area contributed by atoms with Gasteiger partial charge >= 0.3 is 0 Å². The number of phenols is 1. The van der Waals surface area contributed by atoms with E-state index < -0.39 is 0 Å². The third-order valence-corrected chi connectivity index (χ3v) is 2.43.